The molecule has 27 heavy (non-hydrogen) atoms. The fraction of sp³-hybridized carbons (Fsp3) is 0.130. The molecule has 0 spiro atoms. The number of ketones is 1. The van der Waals surface area contributed by atoms with Crippen molar-refractivity contribution in [3.63, 3.8) is 0 Å². The molecule has 0 saturated carbocycles. The Balaban J connectivity index is 1.92. The first-order chi connectivity index (χ1) is 13.1. The van der Waals surface area contributed by atoms with E-state index < -0.39 is 11.9 Å². The molecule has 0 aromatic heterocycles. The number of benzene rings is 3. The molecule has 1 atom stereocenters. The van der Waals surface area contributed by atoms with E-state index in [-0.39, 0.29) is 12.4 Å². The maximum absolute atomic E-state index is 13.3. The van der Waals surface area contributed by atoms with Gasteiger partial charge in [-0.05, 0) is 29.7 Å². The fourth-order valence-corrected chi connectivity index (χ4v) is 3.26. The van der Waals surface area contributed by atoms with Crippen LogP contribution < -0.4 is 0 Å². The summed E-state index contributed by atoms with van der Waals surface area (Å²) in [4.78, 5) is 26.1. The van der Waals surface area contributed by atoms with Crippen molar-refractivity contribution in [2.45, 2.75) is 19.4 Å². The number of esters is 1. The number of carbonyl (C=O) groups excluding carboxylic acids is 2. The van der Waals surface area contributed by atoms with Crippen molar-refractivity contribution in [1.82, 2.24) is 0 Å². The Bertz CT molecular complexity index is 916. The molecule has 3 nitrogen and oxygen atoms in total. The van der Waals surface area contributed by atoms with Crippen molar-refractivity contribution >= 4 is 23.4 Å². The van der Waals surface area contributed by atoms with E-state index in [4.69, 9.17) is 16.3 Å². The normalized spacial score (nSPS) is 11.6. The summed E-state index contributed by atoms with van der Waals surface area (Å²) in [5.74, 6) is -2.01. The zero-order valence-corrected chi connectivity index (χ0v) is 15.6. The van der Waals surface area contributed by atoms with Crippen LogP contribution >= 0.6 is 11.6 Å². The molecule has 136 valence electrons. The first kappa shape index (κ1) is 18.9. The van der Waals surface area contributed by atoms with Crippen molar-refractivity contribution in [2.75, 3.05) is 0 Å². The Morgan fingerprint density at radius 2 is 1.52 bits per heavy atom. The molecule has 3 aromatic carbocycles. The topological polar surface area (TPSA) is 43.4 Å². The lowest BCUT2D eigenvalue weighted by Crippen LogP contribution is -2.25. The Morgan fingerprint density at radius 3 is 2.15 bits per heavy atom. The minimum atomic E-state index is -1.06. The molecule has 0 aliphatic carbocycles. The molecular formula is C23H19ClO3. The van der Waals surface area contributed by atoms with Gasteiger partial charge >= 0.3 is 5.97 Å². The molecule has 0 N–H and O–H groups in total. The lowest BCUT2D eigenvalue weighted by molar-refractivity contribution is -0.145. The molecule has 0 heterocycles. The average molecular weight is 379 g/mol. The van der Waals surface area contributed by atoms with Gasteiger partial charge in [-0.1, -0.05) is 84.4 Å². The van der Waals surface area contributed by atoms with Crippen molar-refractivity contribution in [3.8, 4) is 0 Å². The van der Waals surface area contributed by atoms with Crippen LogP contribution in [0.25, 0.3) is 0 Å². The molecule has 1 unspecified atom stereocenters. The molecule has 0 aliphatic heterocycles. The quantitative estimate of drug-likeness (QED) is 0.329. The van der Waals surface area contributed by atoms with Crippen molar-refractivity contribution in [1.29, 1.82) is 0 Å². The first-order valence-corrected chi connectivity index (χ1v) is 9.00. The Labute approximate surface area is 163 Å². The number of halogens is 1. The van der Waals surface area contributed by atoms with Crippen molar-refractivity contribution in [3.05, 3.63) is 106 Å². The third kappa shape index (κ3) is 4.44. The smallest absolute Gasteiger partial charge is 0.321 e. The van der Waals surface area contributed by atoms with Crippen molar-refractivity contribution < 1.29 is 14.3 Å². The summed E-state index contributed by atoms with van der Waals surface area (Å²) < 4.78 is 5.46. The second kappa shape index (κ2) is 8.65. The molecule has 0 bridgehead atoms. The average Bonchev–Trinajstić information content (AvgIpc) is 2.68. The predicted molar refractivity (Wildman–Crippen MR) is 106 cm³/mol. The number of hydrogen-bond acceptors (Lipinski definition) is 3. The van der Waals surface area contributed by atoms with Crippen LogP contribution in [-0.4, -0.2) is 11.8 Å². The minimum absolute atomic E-state index is 0.109. The van der Waals surface area contributed by atoms with Crippen LogP contribution in [0.1, 0.15) is 33.0 Å². The van der Waals surface area contributed by atoms with Crippen molar-refractivity contribution in [2.24, 2.45) is 0 Å². The highest BCUT2D eigenvalue weighted by atomic mass is 35.5. The summed E-state index contributed by atoms with van der Waals surface area (Å²) in [5.41, 5.74) is 2.52. The Morgan fingerprint density at radius 1 is 0.889 bits per heavy atom. The second-order valence-electron chi connectivity index (χ2n) is 6.23. The van der Waals surface area contributed by atoms with Crippen LogP contribution in [-0.2, 0) is 16.1 Å². The number of Topliss-reactive ketones (excluding diaryl/α,β-unsaturated/α-hetero) is 1. The largest absolute Gasteiger partial charge is 0.460 e. The van der Waals surface area contributed by atoms with E-state index in [0.717, 1.165) is 11.1 Å². The molecule has 4 heteroatoms. The van der Waals surface area contributed by atoms with Gasteiger partial charge in [0.2, 0.25) is 0 Å². The maximum Gasteiger partial charge on any atom is 0.321 e. The number of rotatable bonds is 6. The van der Waals surface area contributed by atoms with Crippen LogP contribution in [0.2, 0.25) is 5.02 Å². The van der Waals surface area contributed by atoms with Gasteiger partial charge in [0, 0.05) is 5.56 Å². The van der Waals surface area contributed by atoms with Gasteiger partial charge < -0.3 is 4.74 Å². The van der Waals surface area contributed by atoms with E-state index in [0.29, 0.717) is 16.1 Å². The molecule has 0 saturated heterocycles. The van der Waals surface area contributed by atoms with Gasteiger partial charge in [-0.25, -0.2) is 0 Å². The standard InChI is InChI=1S/C23H19ClO3/c1-16-9-8-14-19(24)20(16)22(25)21(18-12-6-3-7-13-18)23(26)27-15-17-10-4-2-5-11-17/h2-14,21H,15H2,1H3. The van der Waals surface area contributed by atoms with Gasteiger partial charge in [-0.2, -0.15) is 0 Å². The van der Waals surface area contributed by atoms with Crippen LogP contribution in [0.5, 0.6) is 0 Å². The molecule has 0 aliphatic rings. The lowest BCUT2D eigenvalue weighted by atomic mass is 9.89. The summed E-state index contributed by atoms with van der Waals surface area (Å²) in [6.45, 7) is 1.91. The Kier molecular flexibility index (Phi) is 6.05. The number of ether oxygens (including phenoxy) is 1. The summed E-state index contributed by atoms with van der Waals surface area (Å²) in [6.07, 6.45) is 0. The first-order valence-electron chi connectivity index (χ1n) is 8.62. The molecule has 3 rings (SSSR count). The molecular weight excluding hydrogens is 360 g/mol. The van der Waals surface area contributed by atoms with Gasteiger partial charge in [0.05, 0.1) is 5.02 Å². The Hall–Kier alpha value is -2.91. The zero-order valence-electron chi connectivity index (χ0n) is 14.9. The highest BCUT2D eigenvalue weighted by Crippen LogP contribution is 2.29. The molecule has 0 fully saturated rings. The van der Waals surface area contributed by atoms with Crippen LogP contribution in [0, 0.1) is 6.92 Å². The highest BCUT2D eigenvalue weighted by Gasteiger charge is 2.32. The summed E-state index contributed by atoms with van der Waals surface area (Å²) in [7, 11) is 0. The van der Waals surface area contributed by atoms with Gasteiger partial charge in [-0.15, -0.1) is 0 Å². The zero-order chi connectivity index (χ0) is 19.2. The van der Waals surface area contributed by atoms with Crippen LogP contribution in [0.15, 0.2) is 78.9 Å². The van der Waals surface area contributed by atoms with Gasteiger partial charge in [0.15, 0.2) is 5.78 Å². The van der Waals surface area contributed by atoms with Gasteiger partial charge in [0.1, 0.15) is 12.5 Å². The lowest BCUT2D eigenvalue weighted by Gasteiger charge is -2.17. The molecule has 3 aromatic rings. The number of hydrogen-bond donors (Lipinski definition) is 0. The van der Waals surface area contributed by atoms with E-state index in [1.165, 1.54) is 0 Å². The van der Waals surface area contributed by atoms with E-state index in [1.54, 1.807) is 49.4 Å². The van der Waals surface area contributed by atoms with Gasteiger partial charge in [0.25, 0.3) is 0 Å². The SMILES string of the molecule is Cc1cccc(Cl)c1C(=O)C(C(=O)OCc1ccccc1)c1ccccc1. The summed E-state index contributed by atoms with van der Waals surface area (Å²) in [5, 5.41) is 0.330. The number of aryl methyl sites for hydroxylation is 1. The summed E-state index contributed by atoms with van der Waals surface area (Å²) >= 11 is 6.26. The minimum Gasteiger partial charge on any atom is -0.460 e. The van der Waals surface area contributed by atoms with Gasteiger partial charge in [-0.3, -0.25) is 9.59 Å². The fourth-order valence-electron chi connectivity index (χ4n) is 2.94. The maximum atomic E-state index is 13.3. The third-order valence-corrected chi connectivity index (χ3v) is 4.64. The van der Waals surface area contributed by atoms with E-state index >= 15 is 0 Å². The van der Waals surface area contributed by atoms with E-state index in [2.05, 4.69) is 0 Å². The van der Waals surface area contributed by atoms with E-state index in [1.807, 2.05) is 36.4 Å². The number of carbonyl (C=O) groups is 2. The van der Waals surface area contributed by atoms with E-state index in [9.17, 15) is 9.59 Å². The van der Waals surface area contributed by atoms with Crippen LogP contribution in [0.3, 0.4) is 0 Å². The highest BCUT2D eigenvalue weighted by molar-refractivity contribution is 6.35. The second-order valence-corrected chi connectivity index (χ2v) is 6.64. The molecule has 0 radical (unpaired) electrons. The monoisotopic (exact) mass is 378 g/mol. The third-order valence-electron chi connectivity index (χ3n) is 4.32. The molecule has 0 amide bonds. The predicted octanol–water partition coefficient (Wildman–Crippen LogP) is 5.36. The summed E-state index contributed by atoms with van der Waals surface area (Å²) in [6, 6.07) is 23.5. The van der Waals surface area contributed by atoms with Crippen LogP contribution in [0.4, 0.5) is 0 Å².